The molecule has 1 fully saturated rings. The van der Waals surface area contributed by atoms with Gasteiger partial charge in [-0.25, -0.2) is 4.98 Å². The highest BCUT2D eigenvalue weighted by Gasteiger charge is 2.32. The van der Waals surface area contributed by atoms with Crippen LogP contribution in [0.25, 0.3) is 0 Å². The molecular formula is C9H15N3O. The van der Waals surface area contributed by atoms with E-state index in [2.05, 4.69) is 17.2 Å². The monoisotopic (exact) mass is 181 g/mol. The molecule has 0 aromatic carbocycles. The Bertz CT molecular complexity index is 291. The predicted octanol–water partition coefficient (Wildman–Crippen LogP) is 0.299. The molecule has 0 radical (unpaired) electrons. The van der Waals surface area contributed by atoms with E-state index in [4.69, 9.17) is 4.74 Å². The molecule has 1 aromatic heterocycles. The topological polar surface area (TPSA) is 39.1 Å². The SMILES string of the molecule is Cn1cncc1COC1(C)CNC1. The molecule has 0 unspecified atom stereocenters. The predicted molar refractivity (Wildman–Crippen MR) is 49.3 cm³/mol. The smallest absolute Gasteiger partial charge is 0.0946 e. The molecule has 0 amide bonds. The molecule has 1 aliphatic rings. The second-order valence-electron chi connectivity index (χ2n) is 3.84. The highest BCUT2D eigenvalue weighted by Crippen LogP contribution is 2.17. The van der Waals surface area contributed by atoms with E-state index < -0.39 is 0 Å². The third kappa shape index (κ3) is 1.73. The van der Waals surface area contributed by atoms with Gasteiger partial charge in [-0.15, -0.1) is 0 Å². The fraction of sp³-hybridized carbons (Fsp3) is 0.667. The third-order valence-electron chi connectivity index (χ3n) is 2.48. The Labute approximate surface area is 77.9 Å². The molecule has 13 heavy (non-hydrogen) atoms. The molecule has 0 saturated carbocycles. The van der Waals surface area contributed by atoms with Crippen LogP contribution in [0.5, 0.6) is 0 Å². The molecule has 1 aromatic rings. The fourth-order valence-corrected chi connectivity index (χ4v) is 1.35. The molecule has 0 bridgehead atoms. The first-order valence-corrected chi connectivity index (χ1v) is 4.49. The van der Waals surface area contributed by atoms with Crippen LogP contribution in [0.3, 0.4) is 0 Å². The lowest BCUT2D eigenvalue weighted by Gasteiger charge is -2.39. The normalized spacial score (nSPS) is 19.8. The first-order valence-electron chi connectivity index (χ1n) is 4.49. The molecular weight excluding hydrogens is 166 g/mol. The lowest BCUT2D eigenvalue weighted by atomic mass is 10.0. The zero-order valence-electron chi connectivity index (χ0n) is 8.08. The van der Waals surface area contributed by atoms with E-state index in [0.29, 0.717) is 6.61 Å². The van der Waals surface area contributed by atoms with Gasteiger partial charge >= 0.3 is 0 Å². The van der Waals surface area contributed by atoms with Crippen LogP contribution in [0, 0.1) is 0 Å². The molecule has 0 spiro atoms. The van der Waals surface area contributed by atoms with E-state index in [1.54, 1.807) is 6.33 Å². The third-order valence-corrected chi connectivity index (χ3v) is 2.48. The zero-order valence-corrected chi connectivity index (χ0v) is 8.08. The minimum atomic E-state index is 0.0320. The quantitative estimate of drug-likeness (QED) is 0.729. The van der Waals surface area contributed by atoms with Crippen molar-refractivity contribution in [2.45, 2.75) is 19.1 Å². The Kier molecular flexibility index (Phi) is 2.09. The Morgan fingerprint density at radius 2 is 2.46 bits per heavy atom. The summed E-state index contributed by atoms with van der Waals surface area (Å²) in [4.78, 5) is 4.03. The Morgan fingerprint density at radius 3 is 2.92 bits per heavy atom. The van der Waals surface area contributed by atoms with Crippen LogP contribution in [0.1, 0.15) is 12.6 Å². The maximum absolute atomic E-state index is 5.77. The van der Waals surface area contributed by atoms with E-state index in [1.807, 2.05) is 17.8 Å². The molecule has 1 N–H and O–H groups in total. The van der Waals surface area contributed by atoms with Crippen molar-refractivity contribution < 1.29 is 4.74 Å². The molecule has 4 nitrogen and oxygen atoms in total. The Morgan fingerprint density at radius 1 is 1.69 bits per heavy atom. The summed E-state index contributed by atoms with van der Waals surface area (Å²) < 4.78 is 7.75. The van der Waals surface area contributed by atoms with Crippen molar-refractivity contribution >= 4 is 0 Å². The Hall–Kier alpha value is -0.870. The van der Waals surface area contributed by atoms with E-state index in [9.17, 15) is 0 Å². The van der Waals surface area contributed by atoms with Crippen LogP contribution in [0.4, 0.5) is 0 Å². The van der Waals surface area contributed by atoms with E-state index in [-0.39, 0.29) is 5.60 Å². The van der Waals surface area contributed by atoms with Crippen LogP contribution in [-0.2, 0) is 18.4 Å². The van der Waals surface area contributed by atoms with Gasteiger partial charge in [0.15, 0.2) is 0 Å². The summed E-state index contributed by atoms with van der Waals surface area (Å²) in [6.45, 7) is 4.67. The summed E-state index contributed by atoms with van der Waals surface area (Å²) in [5.41, 5.74) is 1.15. The number of hydrogen-bond donors (Lipinski definition) is 1. The summed E-state index contributed by atoms with van der Waals surface area (Å²) in [6, 6.07) is 0. The van der Waals surface area contributed by atoms with Gasteiger partial charge in [0.25, 0.3) is 0 Å². The van der Waals surface area contributed by atoms with Crippen molar-refractivity contribution in [2.24, 2.45) is 7.05 Å². The van der Waals surface area contributed by atoms with E-state index in [0.717, 1.165) is 18.8 Å². The molecule has 2 heterocycles. The summed E-state index contributed by atoms with van der Waals surface area (Å²) in [5.74, 6) is 0. The second kappa shape index (κ2) is 3.12. The van der Waals surface area contributed by atoms with Gasteiger partial charge in [-0.05, 0) is 6.92 Å². The van der Waals surface area contributed by atoms with Crippen LogP contribution in [0.15, 0.2) is 12.5 Å². The maximum Gasteiger partial charge on any atom is 0.0946 e. The van der Waals surface area contributed by atoms with E-state index >= 15 is 0 Å². The number of rotatable bonds is 3. The van der Waals surface area contributed by atoms with Crippen molar-refractivity contribution in [1.29, 1.82) is 0 Å². The first kappa shape index (κ1) is 8.72. The number of aryl methyl sites for hydroxylation is 1. The molecule has 72 valence electrons. The first-order chi connectivity index (χ1) is 6.20. The highest BCUT2D eigenvalue weighted by atomic mass is 16.5. The highest BCUT2D eigenvalue weighted by molar-refractivity contribution is 4.97. The molecule has 0 atom stereocenters. The summed E-state index contributed by atoms with van der Waals surface area (Å²) >= 11 is 0. The van der Waals surface area contributed by atoms with Gasteiger partial charge < -0.3 is 14.6 Å². The minimum Gasteiger partial charge on any atom is -0.366 e. The average molecular weight is 181 g/mol. The largest absolute Gasteiger partial charge is 0.366 e. The molecule has 1 aliphatic heterocycles. The second-order valence-corrected chi connectivity index (χ2v) is 3.84. The van der Waals surface area contributed by atoms with Gasteiger partial charge in [0.1, 0.15) is 0 Å². The van der Waals surface area contributed by atoms with Crippen molar-refractivity contribution in [3.63, 3.8) is 0 Å². The molecule has 1 saturated heterocycles. The van der Waals surface area contributed by atoms with Gasteiger partial charge in [0.05, 0.1) is 30.4 Å². The Balaban J connectivity index is 1.89. The lowest BCUT2D eigenvalue weighted by molar-refractivity contribution is -0.0784. The van der Waals surface area contributed by atoms with Crippen molar-refractivity contribution in [1.82, 2.24) is 14.9 Å². The van der Waals surface area contributed by atoms with Crippen LogP contribution in [-0.4, -0.2) is 28.2 Å². The number of imidazole rings is 1. The summed E-state index contributed by atoms with van der Waals surface area (Å²) in [5, 5.41) is 3.20. The molecule has 0 aliphatic carbocycles. The number of aromatic nitrogens is 2. The standard InChI is InChI=1S/C9H15N3O/c1-9(5-11-6-9)13-4-8-3-10-7-12(8)2/h3,7,11H,4-6H2,1-2H3. The minimum absolute atomic E-state index is 0.0320. The maximum atomic E-state index is 5.77. The van der Waals surface area contributed by atoms with Gasteiger partial charge in [-0.2, -0.15) is 0 Å². The number of hydrogen-bond acceptors (Lipinski definition) is 3. The lowest BCUT2D eigenvalue weighted by Crippen LogP contribution is -2.58. The average Bonchev–Trinajstić information content (AvgIpc) is 2.44. The van der Waals surface area contributed by atoms with Crippen molar-refractivity contribution in [3.05, 3.63) is 18.2 Å². The van der Waals surface area contributed by atoms with Gasteiger partial charge in [0, 0.05) is 20.1 Å². The van der Waals surface area contributed by atoms with Gasteiger partial charge in [-0.3, -0.25) is 0 Å². The van der Waals surface area contributed by atoms with Crippen LogP contribution >= 0.6 is 0 Å². The van der Waals surface area contributed by atoms with Crippen molar-refractivity contribution in [2.75, 3.05) is 13.1 Å². The number of nitrogens with one attached hydrogen (secondary N) is 1. The van der Waals surface area contributed by atoms with Crippen LogP contribution < -0.4 is 5.32 Å². The summed E-state index contributed by atoms with van der Waals surface area (Å²) in [7, 11) is 1.98. The van der Waals surface area contributed by atoms with Crippen LogP contribution in [0.2, 0.25) is 0 Å². The van der Waals surface area contributed by atoms with E-state index in [1.165, 1.54) is 0 Å². The van der Waals surface area contributed by atoms with Gasteiger partial charge in [0.2, 0.25) is 0 Å². The number of nitrogens with zero attached hydrogens (tertiary/aromatic N) is 2. The fourth-order valence-electron chi connectivity index (χ4n) is 1.35. The zero-order chi connectivity index (χ0) is 9.31. The number of ether oxygens (including phenoxy) is 1. The molecule has 2 rings (SSSR count). The summed E-state index contributed by atoms with van der Waals surface area (Å²) in [6.07, 6.45) is 3.63. The molecule has 4 heteroatoms. The van der Waals surface area contributed by atoms with Gasteiger partial charge in [-0.1, -0.05) is 0 Å². The van der Waals surface area contributed by atoms with Crippen molar-refractivity contribution in [3.8, 4) is 0 Å².